The van der Waals surface area contributed by atoms with Crippen molar-refractivity contribution < 1.29 is 9.05 Å². The normalized spacial score (nSPS) is 27.3. The van der Waals surface area contributed by atoms with Crippen LogP contribution in [-0.4, -0.2) is 0 Å². The third-order valence-electron chi connectivity index (χ3n) is 6.03. The van der Waals surface area contributed by atoms with Gasteiger partial charge in [0.25, 0.3) is 0 Å². The zero-order valence-electron chi connectivity index (χ0n) is 17.3. The molecule has 0 saturated heterocycles. The summed E-state index contributed by atoms with van der Waals surface area (Å²) in [5, 5.41) is 2.17. The topological polar surface area (TPSA) is 18.5 Å². The van der Waals surface area contributed by atoms with Crippen LogP contribution in [0.15, 0.2) is 90.7 Å². The molecule has 1 aliphatic carbocycles. The summed E-state index contributed by atoms with van der Waals surface area (Å²) in [5.41, 5.74) is -0.422. The Morgan fingerprint density at radius 2 is 1.38 bits per heavy atom. The predicted molar refractivity (Wildman–Crippen MR) is 145 cm³/mol. The monoisotopic (exact) mass is 510 g/mol. The molecule has 7 heteroatoms. The van der Waals surface area contributed by atoms with Crippen LogP contribution in [0, 0.1) is 5.92 Å². The molecule has 0 fully saturated rings. The van der Waals surface area contributed by atoms with E-state index in [4.69, 9.17) is 32.7 Å². The Morgan fingerprint density at radius 3 is 2.16 bits per heavy atom. The summed E-state index contributed by atoms with van der Waals surface area (Å²) >= 11 is 14.3. The number of allylic oxidation sites excluding steroid dienone is 3. The van der Waals surface area contributed by atoms with Crippen LogP contribution in [0.2, 0.25) is 0 Å². The van der Waals surface area contributed by atoms with E-state index in [0.29, 0.717) is 5.92 Å². The summed E-state index contributed by atoms with van der Waals surface area (Å²) in [6.45, 7) is 2.25. The average Bonchev–Trinajstić information content (AvgIpc) is 2.79. The minimum Gasteiger partial charge on any atom is -0.452 e. The number of hydrogen-bond acceptors (Lipinski definition) is 5. The van der Waals surface area contributed by atoms with Gasteiger partial charge in [0.15, 0.2) is 0 Å². The van der Waals surface area contributed by atoms with Gasteiger partial charge in [-0.2, -0.15) is 0 Å². The van der Waals surface area contributed by atoms with Crippen LogP contribution in [0.3, 0.4) is 0 Å². The summed E-state index contributed by atoms with van der Waals surface area (Å²) in [6, 6.07) is 24.9. The van der Waals surface area contributed by atoms with Gasteiger partial charge in [-0.15, -0.1) is 0 Å². The second-order valence-corrected chi connectivity index (χ2v) is 21.1. The second kappa shape index (κ2) is 7.72. The Labute approximate surface area is 202 Å². The summed E-state index contributed by atoms with van der Waals surface area (Å²) < 4.78 is 13.3. The van der Waals surface area contributed by atoms with E-state index in [9.17, 15) is 0 Å². The van der Waals surface area contributed by atoms with Crippen LogP contribution in [0.5, 0.6) is 5.75 Å². The summed E-state index contributed by atoms with van der Waals surface area (Å²) in [6.07, 6.45) is 5.28. The molecule has 0 spiro atoms. The molecule has 3 aromatic carbocycles. The quantitative estimate of drug-likeness (QED) is 0.334. The summed E-state index contributed by atoms with van der Waals surface area (Å²) in [4.78, 5) is 0. The molecule has 0 aromatic heterocycles. The molecule has 0 bridgehead atoms. The maximum Gasteiger partial charge on any atom is 0.205 e. The Hall–Kier alpha value is -1.61. The average molecular weight is 511 g/mol. The van der Waals surface area contributed by atoms with E-state index in [1.54, 1.807) is 11.0 Å². The number of hydrogen-bond donors (Lipinski definition) is 0. The van der Waals surface area contributed by atoms with Gasteiger partial charge >= 0.3 is 0 Å². The molecule has 3 unspecified atom stereocenters. The third kappa shape index (κ3) is 3.22. The van der Waals surface area contributed by atoms with Crippen molar-refractivity contribution in [2.45, 2.75) is 13.3 Å². The smallest absolute Gasteiger partial charge is 0.205 e. The van der Waals surface area contributed by atoms with Gasteiger partial charge in [-0.1, -0.05) is 67.6 Å². The van der Waals surface area contributed by atoms with Gasteiger partial charge in [-0.05, 0) is 82.4 Å². The highest BCUT2D eigenvalue weighted by Gasteiger charge is 2.43. The fourth-order valence-electron chi connectivity index (χ4n) is 4.58. The fourth-order valence-corrected chi connectivity index (χ4v) is 23.0. The van der Waals surface area contributed by atoms with E-state index >= 15 is 0 Å². The number of rotatable bonds is 2. The standard InChI is InChI=1S/C25H20O2P2S3/c1-17-9-8-14-22-25(17)20-12-4-7-16-24(20)29(31,27-22)32-28(30)23-15-6-3-11-19(23)18-10-2-5-13-21(18)26-28/h2-8,10-17H,9H2,1H3. The van der Waals surface area contributed by atoms with Crippen LogP contribution in [-0.2, 0) is 28.1 Å². The lowest BCUT2D eigenvalue weighted by Gasteiger charge is -2.38. The van der Waals surface area contributed by atoms with Gasteiger partial charge in [0.05, 0.1) is 0 Å². The molecular formula is C25H20O2P2S3. The van der Waals surface area contributed by atoms with Crippen molar-refractivity contribution in [2.75, 3.05) is 0 Å². The van der Waals surface area contributed by atoms with Gasteiger partial charge < -0.3 is 9.05 Å². The third-order valence-corrected chi connectivity index (χ3v) is 21.3. The highest BCUT2D eigenvalue weighted by Crippen LogP contribution is 2.80. The van der Waals surface area contributed by atoms with Crippen molar-refractivity contribution in [1.82, 2.24) is 0 Å². The van der Waals surface area contributed by atoms with Crippen LogP contribution in [0.25, 0.3) is 16.7 Å². The predicted octanol–water partition coefficient (Wildman–Crippen LogP) is 7.39. The molecule has 32 heavy (non-hydrogen) atoms. The molecular weight excluding hydrogens is 490 g/mol. The molecule has 0 saturated carbocycles. The number of benzene rings is 3. The highest BCUT2D eigenvalue weighted by atomic mass is 33.2. The lowest BCUT2D eigenvalue weighted by atomic mass is 9.87. The van der Waals surface area contributed by atoms with Crippen LogP contribution < -0.4 is 15.1 Å². The first kappa shape index (κ1) is 21.0. The zero-order valence-corrected chi connectivity index (χ0v) is 21.5. The van der Waals surface area contributed by atoms with Gasteiger partial charge in [-0.3, -0.25) is 0 Å². The minimum atomic E-state index is -2.56. The first-order valence-electron chi connectivity index (χ1n) is 10.5. The summed E-state index contributed by atoms with van der Waals surface area (Å²) in [7, 11) is 0. The molecule has 160 valence electrons. The molecule has 2 aliphatic heterocycles. The maximum absolute atomic E-state index is 6.71. The Balaban J connectivity index is 1.50. The molecule has 3 atom stereocenters. The van der Waals surface area contributed by atoms with Gasteiger partial charge in [0.1, 0.15) is 11.5 Å². The van der Waals surface area contributed by atoms with Crippen molar-refractivity contribution in [1.29, 1.82) is 0 Å². The Kier molecular flexibility index (Phi) is 5.06. The van der Waals surface area contributed by atoms with Crippen molar-refractivity contribution in [2.24, 2.45) is 5.92 Å². The molecule has 0 radical (unpaired) electrons. The van der Waals surface area contributed by atoms with Crippen molar-refractivity contribution >= 4 is 61.7 Å². The molecule has 3 aromatic rings. The fraction of sp³-hybridized carbons (Fsp3) is 0.120. The molecule has 3 aliphatic rings. The van der Waals surface area contributed by atoms with Gasteiger partial charge in [0, 0.05) is 21.7 Å². The van der Waals surface area contributed by atoms with E-state index in [-0.39, 0.29) is 0 Å². The Bertz CT molecular complexity index is 1430. The largest absolute Gasteiger partial charge is 0.452 e. The van der Waals surface area contributed by atoms with Crippen molar-refractivity contribution in [3.63, 3.8) is 0 Å². The van der Waals surface area contributed by atoms with E-state index < -0.39 is 10.9 Å². The van der Waals surface area contributed by atoms with Crippen LogP contribution in [0.4, 0.5) is 0 Å². The van der Waals surface area contributed by atoms with Crippen LogP contribution >= 0.6 is 21.9 Å². The van der Waals surface area contributed by atoms with Crippen LogP contribution in [0.1, 0.15) is 18.9 Å². The van der Waals surface area contributed by atoms with E-state index in [2.05, 4.69) is 67.6 Å². The number of para-hydroxylation sites is 1. The van der Waals surface area contributed by atoms with Gasteiger partial charge in [0.2, 0.25) is 10.9 Å². The van der Waals surface area contributed by atoms with Gasteiger partial charge in [-0.25, -0.2) is 0 Å². The first-order valence-corrected chi connectivity index (χ1v) is 18.0. The first-order chi connectivity index (χ1) is 15.5. The molecule has 0 N–H and O–H groups in total. The molecule has 0 amide bonds. The molecule has 2 nitrogen and oxygen atoms in total. The molecule has 2 heterocycles. The summed E-state index contributed by atoms with van der Waals surface area (Å²) in [5.74, 6) is 2.14. The Morgan fingerprint density at radius 1 is 0.781 bits per heavy atom. The SMILES string of the molecule is CC1CC=CC2=C1c1ccccc1P(=S)(SP1(=S)Oc3ccccc3-c3ccccc31)O2. The maximum atomic E-state index is 6.71. The van der Waals surface area contributed by atoms with Crippen molar-refractivity contribution in [3.05, 3.63) is 96.3 Å². The van der Waals surface area contributed by atoms with E-state index in [1.807, 2.05) is 24.3 Å². The lowest BCUT2D eigenvalue weighted by molar-refractivity contribution is 0.494. The second-order valence-electron chi connectivity index (χ2n) is 8.11. The van der Waals surface area contributed by atoms with E-state index in [1.165, 1.54) is 11.1 Å². The lowest BCUT2D eigenvalue weighted by Crippen LogP contribution is -2.22. The zero-order chi connectivity index (χ0) is 21.9. The van der Waals surface area contributed by atoms with E-state index in [0.717, 1.165) is 39.7 Å². The molecule has 6 rings (SSSR count). The van der Waals surface area contributed by atoms with Crippen molar-refractivity contribution in [3.8, 4) is 16.9 Å². The number of fused-ring (bicyclic) bond motifs is 5. The highest BCUT2D eigenvalue weighted by molar-refractivity contribution is 9.00. The minimum absolute atomic E-state index is 0.399.